The number of carbonyl (C=O) groups is 3. The lowest BCUT2D eigenvalue weighted by molar-refractivity contribution is -0.115. The SMILES string of the molecule is NC(=O)OCCNC(=O)c1ccc2c(c1)NC(=O)C2. The minimum Gasteiger partial charge on any atom is -0.448 e. The van der Waals surface area contributed by atoms with Gasteiger partial charge in [0.1, 0.15) is 6.61 Å². The van der Waals surface area contributed by atoms with E-state index in [1.54, 1.807) is 18.2 Å². The molecular weight excluding hydrogens is 250 g/mol. The van der Waals surface area contributed by atoms with E-state index in [1.165, 1.54) is 0 Å². The van der Waals surface area contributed by atoms with Crippen LogP contribution in [0.1, 0.15) is 15.9 Å². The Kier molecular flexibility index (Phi) is 3.65. The van der Waals surface area contributed by atoms with Gasteiger partial charge in [-0.05, 0) is 17.7 Å². The molecule has 1 aliphatic rings. The molecule has 100 valence electrons. The van der Waals surface area contributed by atoms with Crippen LogP contribution < -0.4 is 16.4 Å². The number of rotatable bonds is 4. The Morgan fingerprint density at radius 1 is 1.42 bits per heavy atom. The van der Waals surface area contributed by atoms with E-state index in [2.05, 4.69) is 15.4 Å². The van der Waals surface area contributed by atoms with Crippen molar-refractivity contribution in [3.05, 3.63) is 29.3 Å². The van der Waals surface area contributed by atoms with Gasteiger partial charge in [0.15, 0.2) is 0 Å². The Hall–Kier alpha value is -2.57. The minimum absolute atomic E-state index is 0.0166. The van der Waals surface area contributed by atoms with Crippen LogP contribution in [0.3, 0.4) is 0 Å². The lowest BCUT2D eigenvalue weighted by atomic mass is 10.1. The van der Waals surface area contributed by atoms with E-state index in [4.69, 9.17) is 5.73 Å². The first-order valence-corrected chi connectivity index (χ1v) is 5.69. The highest BCUT2D eigenvalue weighted by Gasteiger charge is 2.18. The van der Waals surface area contributed by atoms with Gasteiger partial charge >= 0.3 is 6.09 Å². The van der Waals surface area contributed by atoms with Crippen LogP contribution in [0.5, 0.6) is 0 Å². The second-order valence-electron chi connectivity index (χ2n) is 4.02. The Balaban J connectivity index is 1.91. The summed E-state index contributed by atoms with van der Waals surface area (Å²) in [6.07, 6.45) is -0.543. The second kappa shape index (κ2) is 5.38. The predicted molar refractivity (Wildman–Crippen MR) is 66.6 cm³/mol. The fourth-order valence-corrected chi connectivity index (χ4v) is 1.77. The third kappa shape index (κ3) is 3.21. The molecule has 7 nitrogen and oxygen atoms in total. The number of nitrogens with one attached hydrogen (secondary N) is 2. The van der Waals surface area contributed by atoms with Crippen molar-refractivity contribution < 1.29 is 19.1 Å². The topological polar surface area (TPSA) is 111 Å². The smallest absolute Gasteiger partial charge is 0.404 e. The van der Waals surface area contributed by atoms with Crippen molar-refractivity contribution in [2.75, 3.05) is 18.5 Å². The zero-order chi connectivity index (χ0) is 13.8. The summed E-state index contributed by atoms with van der Waals surface area (Å²) >= 11 is 0. The maximum absolute atomic E-state index is 11.8. The van der Waals surface area contributed by atoms with Crippen molar-refractivity contribution in [1.82, 2.24) is 5.32 Å². The van der Waals surface area contributed by atoms with Gasteiger partial charge in [-0.15, -0.1) is 0 Å². The molecule has 2 rings (SSSR count). The quantitative estimate of drug-likeness (QED) is 0.664. The Bertz CT molecular complexity index is 542. The lowest BCUT2D eigenvalue weighted by Crippen LogP contribution is -2.29. The molecule has 0 fully saturated rings. The highest BCUT2D eigenvalue weighted by atomic mass is 16.5. The highest BCUT2D eigenvalue weighted by molar-refractivity contribution is 6.02. The predicted octanol–water partition coefficient (Wildman–Crippen LogP) is 0.00630. The number of carbonyl (C=O) groups excluding carboxylic acids is 3. The van der Waals surface area contributed by atoms with E-state index in [9.17, 15) is 14.4 Å². The molecule has 1 aromatic rings. The normalized spacial score (nSPS) is 12.5. The molecular formula is C12H13N3O4. The third-order valence-electron chi connectivity index (χ3n) is 2.63. The molecule has 0 radical (unpaired) electrons. The Labute approximate surface area is 109 Å². The molecule has 0 atom stereocenters. The van der Waals surface area contributed by atoms with Crippen molar-refractivity contribution >= 4 is 23.6 Å². The van der Waals surface area contributed by atoms with Crippen molar-refractivity contribution in [1.29, 1.82) is 0 Å². The molecule has 0 spiro atoms. The van der Waals surface area contributed by atoms with Gasteiger partial charge in [0, 0.05) is 11.3 Å². The number of hydrogen-bond acceptors (Lipinski definition) is 4. The summed E-state index contributed by atoms with van der Waals surface area (Å²) in [7, 11) is 0. The average molecular weight is 263 g/mol. The number of nitrogens with two attached hydrogens (primary N) is 1. The zero-order valence-corrected chi connectivity index (χ0v) is 10.1. The van der Waals surface area contributed by atoms with E-state index in [1.807, 2.05) is 0 Å². The lowest BCUT2D eigenvalue weighted by Gasteiger charge is -2.06. The van der Waals surface area contributed by atoms with Gasteiger partial charge < -0.3 is 21.1 Å². The standard InChI is InChI=1S/C12H13N3O4/c13-12(18)19-4-3-14-11(17)8-2-1-7-6-10(16)15-9(7)5-8/h1-2,5H,3-4,6H2,(H2,13,18)(H,14,17)(H,15,16). The highest BCUT2D eigenvalue weighted by Crippen LogP contribution is 2.23. The zero-order valence-electron chi connectivity index (χ0n) is 10.1. The van der Waals surface area contributed by atoms with E-state index in [0.29, 0.717) is 17.7 Å². The average Bonchev–Trinajstić information content (AvgIpc) is 2.73. The van der Waals surface area contributed by atoms with Crippen LogP contribution >= 0.6 is 0 Å². The van der Waals surface area contributed by atoms with Crippen molar-refractivity contribution in [2.24, 2.45) is 5.73 Å². The number of anilines is 1. The van der Waals surface area contributed by atoms with Crippen molar-refractivity contribution in [2.45, 2.75) is 6.42 Å². The van der Waals surface area contributed by atoms with Gasteiger partial charge in [-0.1, -0.05) is 6.07 Å². The molecule has 1 aromatic carbocycles. The molecule has 4 N–H and O–H groups in total. The molecule has 1 aliphatic heterocycles. The summed E-state index contributed by atoms with van der Waals surface area (Å²) in [5.41, 5.74) is 6.74. The maximum atomic E-state index is 11.8. The van der Waals surface area contributed by atoms with Crippen molar-refractivity contribution in [3.63, 3.8) is 0 Å². The van der Waals surface area contributed by atoms with E-state index in [-0.39, 0.29) is 25.0 Å². The number of hydrogen-bond donors (Lipinski definition) is 3. The summed E-state index contributed by atoms with van der Waals surface area (Å²) in [6.45, 7) is 0.188. The van der Waals surface area contributed by atoms with Gasteiger partial charge in [0.2, 0.25) is 5.91 Å². The number of primary amides is 1. The number of ether oxygens (including phenoxy) is 1. The van der Waals surface area contributed by atoms with Gasteiger partial charge in [-0.2, -0.15) is 0 Å². The van der Waals surface area contributed by atoms with Crippen LogP contribution in [0, 0.1) is 0 Å². The number of amides is 3. The molecule has 3 amide bonds. The number of fused-ring (bicyclic) bond motifs is 1. The number of benzene rings is 1. The largest absolute Gasteiger partial charge is 0.448 e. The van der Waals surface area contributed by atoms with E-state index in [0.717, 1.165) is 5.56 Å². The Morgan fingerprint density at radius 3 is 2.95 bits per heavy atom. The van der Waals surface area contributed by atoms with Gasteiger partial charge in [-0.25, -0.2) is 4.79 Å². The first-order valence-electron chi connectivity index (χ1n) is 5.69. The van der Waals surface area contributed by atoms with Crippen LogP contribution in [0.4, 0.5) is 10.5 Å². The van der Waals surface area contributed by atoms with Crippen LogP contribution in [-0.2, 0) is 16.0 Å². The molecule has 0 aliphatic carbocycles. The summed E-state index contributed by atoms with van der Waals surface area (Å²) in [5.74, 6) is -0.389. The first-order chi connectivity index (χ1) is 9.06. The van der Waals surface area contributed by atoms with E-state index < -0.39 is 6.09 Å². The summed E-state index contributed by atoms with van der Waals surface area (Å²) < 4.78 is 4.48. The Morgan fingerprint density at radius 2 is 2.21 bits per heavy atom. The summed E-state index contributed by atoms with van der Waals surface area (Å²) in [4.78, 5) is 33.3. The van der Waals surface area contributed by atoms with Crippen LogP contribution in [-0.4, -0.2) is 31.1 Å². The molecule has 7 heteroatoms. The molecule has 0 saturated heterocycles. The molecule has 1 heterocycles. The van der Waals surface area contributed by atoms with Crippen LogP contribution in [0.25, 0.3) is 0 Å². The summed E-state index contributed by atoms with van der Waals surface area (Å²) in [6, 6.07) is 5.00. The van der Waals surface area contributed by atoms with Crippen LogP contribution in [0.15, 0.2) is 18.2 Å². The molecule has 19 heavy (non-hydrogen) atoms. The van der Waals surface area contributed by atoms with E-state index >= 15 is 0 Å². The second-order valence-corrected chi connectivity index (χ2v) is 4.02. The summed E-state index contributed by atoms with van der Waals surface area (Å²) in [5, 5.41) is 5.24. The molecule has 0 unspecified atom stereocenters. The maximum Gasteiger partial charge on any atom is 0.404 e. The van der Waals surface area contributed by atoms with Gasteiger partial charge in [-0.3, -0.25) is 9.59 Å². The monoisotopic (exact) mass is 263 g/mol. The first kappa shape index (κ1) is 12.9. The fraction of sp³-hybridized carbons (Fsp3) is 0.250. The van der Waals surface area contributed by atoms with Gasteiger partial charge in [0.05, 0.1) is 13.0 Å². The van der Waals surface area contributed by atoms with Gasteiger partial charge in [0.25, 0.3) is 5.91 Å². The molecule has 0 bridgehead atoms. The van der Waals surface area contributed by atoms with Crippen molar-refractivity contribution in [3.8, 4) is 0 Å². The van der Waals surface area contributed by atoms with Crippen LogP contribution in [0.2, 0.25) is 0 Å². The fourth-order valence-electron chi connectivity index (χ4n) is 1.77. The minimum atomic E-state index is -0.880. The molecule has 0 aromatic heterocycles. The molecule has 0 saturated carbocycles. The third-order valence-corrected chi connectivity index (χ3v) is 2.63.